The molecule has 2 unspecified atom stereocenters. The lowest BCUT2D eigenvalue weighted by molar-refractivity contribution is 0.0630. The lowest BCUT2D eigenvalue weighted by Gasteiger charge is -2.24. The van der Waals surface area contributed by atoms with Crippen molar-refractivity contribution in [3.05, 3.63) is 18.0 Å². The Balaban J connectivity index is 2.76. The largest absolute Gasteiger partial charge is 0.379 e. The fraction of sp³-hybridized carbons (Fsp3) is 0.769. The molecule has 0 spiro atoms. The van der Waals surface area contributed by atoms with Crippen LogP contribution in [0.4, 0.5) is 0 Å². The lowest BCUT2D eigenvalue weighted by Crippen LogP contribution is -2.30. The number of rotatable bonds is 8. The van der Waals surface area contributed by atoms with Crippen molar-refractivity contribution < 1.29 is 4.74 Å². The number of nitrogens with zero attached hydrogens (tertiary/aromatic N) is 2. The van der Waals surface area contributed by atoms with E-state index in [1.165, 1.54) is 5.56 Å². The van der Waals surface area contributed by atoms with E-state index in [0.717, 1.165) is 25.8 Å². The Morgan fingerprint density at radius 1 is 1.41 bits per heavy atom. The highest BCUT2D eigenvalue weighted by molar-refractivity contribution is 5.12. The second-order valence-electron chi connectivity index (χ2n) is 4.37. The maximum absolute atomic E-state index is 5.57. The van der Waals surface area contributed by atoms with Crippen molar-refractivity contribution in [3.63, 3.8) is 0 Å². The minimum Gasteiger partial charge on any atom is -0.379 e. The van der Waals surface area contributed by atoms with Crippen LogP contribution in [0.5, 0.6) is 0 Å². The molecule has 0 bridgehead atoms. The molecule has 0 aliphatic rings. The Morgan fingerprint density at radius 3 is 2.71 bits per heavy atom. The molecule has 0 aromatic carbocycles. The molecule has 4 heteroatoms. The van der Waals surface area contributed by atoms with Crippen molar-refractivity contribution >= 4 is 0 Å². The number of aromatic nitrogens is 2. The van der Waals surface area contributed by atoms with Gasteiger partial charge in [-0.3, -0.25) is 4.68 Å². The summed E-state index contributed by atoms with van der Waals surface area (Å²) in [6.45, 7) is 5.31. The van der Waals surface area contributed by atoms with Crippen LogP contribution in [0.1, 0.15) is 44.7 Å². The van der Waals surface area contributed by atoms with E-state index in [1.54, 1.807) is 7.11 Å². The summed E-state index contributed by atoms with van der Waals surface area (Å²) in [5.74, 6) is 0. The van der Waals surface area contributed by atoms with Crippen molar-refractivity contribution in [2.75, 3.05) is 14.2 Å². The molecular formula is C13H25N3O. The van der Waals surface area contributed by atoms with E-state index in [-0.39, 0.29) is 12.1 Å². The van der Waals surface area contributed by atoms with Crippen LogP contribution in [0.25, 0.3) is 0 Å². The quantitative estimate of drug-likeness (QED) is 0.757. The van der Waals surface area contributed by atoms with Crippen molar-refractivity contribution in [1.82, 2.24) is 15.1 Å². The minimum absolute atomic E-state index is 0.212. The summed E-state index contributed by atoms with van der Waals surface area (Å²) in [5.41, 5.74) is 1.21. The number of likely N-dealkylation sites (N-methyl/N-ethyl adjacent to an activating group) is 1. The van der Waals surface area contributed by atoms with Crippen LogP contribution in [0.3, 0.4) is 0 Å². The van der Waals surface area contributed by atoms with Gasteiger partial charge in [-0.2, -0.15) is 5.10 Å². The number of methoxy groups -OCH3 is 1. The predicted octanol–water partition coefficient (Wildman–Crippen LogP) is 2.37. The number of hydrogen-bond acceptors (Lipinski definition) is 3. The van der Waals surface area contributed by atoms with Gasteiger partial charge in [-0.15, -0.1) is 0 Å². The molecule has 0 fully saturated rings. The monoisotopic (exact) mass is 239 g/mol. The summed E-state index contributed by atoms with van der Waals surface area (Å²) < 4.78 is 7.57. The van der Waals surface area contributed by atoms with Crippen LogP contribution < -0.4 is 5.32 Å². The lowest BCUT2D eigenvalue weighted by atomic mass is 10.0. The Morgan fingerprint density at radius 2 is 2.18 bits per heavy atom. The third-order valence-corrected chi connectivity index (χ3v) is 3.02. The van der Waals surface area contributed by atoms with E-state index >= 15 is 0 Å². The molecule has 4 nitrogen and oxygen atoms in total. The number of ether oxygens (including phenoxy) is 1. The van der Waals surface area contributed by atoms with Crippen molar-refractivity contribution in [2.24, 2.45) is 0 Å². The van der Waals surface area contributed by atoms with Crippen LogP contribution >= 0.6 is 0 Å². The fourth-order valence-corrected chi connectivity index (χ4v) is 2.16. The molecule has 1 N–H and O–H groups in total. The summed E-state index contributed by atoms with van der Waals surface area (Å²) in [7, 11) is 3.75. The van der Waals surface area contributed by atoms with Gasteiger partial charge < -0.3 is 10.1 Å². The molecule has 1 rings (SSSR count). The second kappa shape index (κ2) is 7.45. The van der Waals surface area contributed by atoms with E-state index in [2.05, 4.69) is 30.5 Å². The first-order valence-electron chi connectivity index (χ1n) is 6.49. The molecular weight excluding hydrogens is 214 g/mol. The van der Waals surface area contributed by atoms with Gasteiger partial charge in [-0.25, -0.2) is 0 Å². The third kappa shape index (κ3) is 3.82. The Hall–Kier alpha value is -0.870. The van der Waals surface area contributed by atoms with Crippen LogP contribution in [0.15, 0.2) is 12.4 Å². The molecule has 1 aromatic heterocycles. The minimum atomic E-state index is 0.212. The zero-order chi connectivity index (χ0) is 12.7. The SMILES string of the molecule is CCCC(OC)C(NC)c1cnn(CCC)c1. The number of aryl methyl sites for hydroxylation is 1. The van der Waals surface area contributed by atoms with E-state index < -0.39 is 0 Å². The molecule has 0 saturated heterocycles. The molecule has 0 radical (unpaired) electrons. The average molecular weight is 239 g/mol. The molecule has 0 amide bonds. The standard InChI is InChI=1S/C13H25N3O/c1-5-7-12(17-4)13(14-3)11-9-15-16(10-11)8-6-2/h9-10,12-14H,5-8H2,1-4H3. The Kier molecular flexibility index (Phi) is 6.22. The van der Waals surface area contributed by atoms with E-state index in [0.29, 0.717) is 0 Å². The second-order valence-corrected chi connectivity index (χ2v) is 4.37. The van der Waals surface area contributed by atoms with Crippen LogP contribution in [0, 0.1) is 0 Å². The van der Waals surface area contributed by atoms with Gasteiger partial charge >= 0.3 is 0 Å². The Labute approximate surface area is 104 Å². The van der Waals surface area contributed by atoms with Gasteiger partial charge in [0.25, 0.3) is 0 Å². The maximum Gasteiger partial charge on any atom is 0.0766 e. The Bertz CT molecular complexity index is 311. The van der Waals surface area contributed by atoms with Crippen LogP contribution in [0.2, 0.25) is 0 Å². The summed E-state index contributed by atoms with van der Waals surface area (Å²) in [6.07, 6.45) is 7.56. The first-order chi connectivity index (χ1) is 8.26. The number of hydrogen-bond donors (Lipinski definition) is 1. The highest BCUT2D eigenvalue weighted by Gasteiger charge is 2.21. The van der Waals surface area contributed by atoms with Crippen molar-refractivity contribution in [1.29, 1.82) is 0 Å². The highest BCUT2D eigenvalue weighted by Crippen LogP contribution is 2.21. The first-order valence-corrected chi connectivity index (χ1v) is 6.49. The van der Waals surface area contributed by atoms with Crippen LogP contribution in [-0.4, -0.2) is 30.0 Å². The van der Waals surface area contributed by atoms with E-state index in [1.807, 2.05) is 17.9 Å². The van der Waals surface area contributed by atoms with E-state index in [4.69, 9.17) is 4.74 Å². The highest BCUT2D eigenvalue weighted by atomic mass is 16.5. The third-order valence-electron chi connectivity index (χ3n) is 3.02. The first kappa shape index (κ1) is 14.2. The summed E-state index contributed by atoms with van der Waals surface area (Å²) in [5, 5.41) is 7.70. The normalized spacial score (nSPS) is 14.8. The smallest absolute Gasteiger partial charge is 0.0766 e. The van der Waals surface area contributed by atoms with Gasteiger partial charge in [-0.1, -0.05) is 20.3 Å². The van der Waals surface area contributed by atoms with Crippen LogP contribution in [-0.2, 0) is 11.3 Å². The van der Waals surface area contributed by atoms with Gasteiger partial charge in [0.15, 0.2) is 0 Å². The molecule has 2 atom stereocenters. The van der Waals surface area contributed by atoms with Crippen molar-refractivity contribution in [2.45, 2.75) is 51.8 Å². The molecule has 98 valence electrons. The summed E-state index contributed by atoms with van der Waals surface area (Å²) >= 11 is 0. The predicted molar refractivity (Wildman–Crippen MR) is 70.0 cm³/mol. The van der Waals surface area contributed by atoms with Gasteiger partial charge in [0.05, 0.1) is 18.3 Å². The van der Waals surface area contributed by atoms with Gasteiger partial charge in [0, 0.05) is 25.4 Å². The van der Waals surface area contributed by atoms with Gasteiger partial charge in [0.1, 0.15) is 0 Å². The molecule has 1 heterocycles. The number of nitrogens with one attached hydrogen (secondary N) is 1. The topological polar surface area (TPSA) is 39.1 Å². The molecule has 0 aliphatic heterocycles. The molecule has 17 heavy (non-hydrogen) atoms. The summed E-state index contributed by atoms with van der Waals surface area (Å²) in [6, 6.07) is 0.227. The molecule has 1 aromatic rings. The molecule has 0 aliphatic carbocycles. The maximum atomic E-state index is 5.57. The van der Waals surface area contributed by atoms with E-state index in [9.17, 15) is 0 Å². The fourth-order valence-electron chi connectivity index (χ4n) is 2.16. The zero-order valence-electron chi connectivity index (χ0n) is 11.4. The van der Waals surface area contributed by atoms with Gasteiger partial charge in [0.2, 0.25) is 0 Å². The zero-order valence-corrected chi connectivity index (χ0v) is 11.4. The average Bonchev–Trinajstić information content (AvgIpc) is 2.78. The van der Waals surface area contributed by atoms with Gasteiger partial charge in [-0.05, 0) is 19.9 Å². The molecule has 0 saturated carbocycles. The summed E-state index contributed by atoms with van der Waals surface area (Å²) in [4.78, 5) is 0. The van der Waals surface area contributed by atoms with Crippen molar-refractivity contribution in [3.8, 4) is 0 Å².